The van der Waals surface area contributed by atoms with E-state index < -0.39 is 29.3 Å². The van der Waals surface area contributed by atoms with Gasteiger partial charge in [0.1, 0.15) is 0 Å². The molecule has 0 atom stereocenters. The van der Waals surface area contributed by atoms with Crippen molar-refractivity contribution >= 4 is 34.7 Å². The number of hydrogen-bond donors (Lipinski definition) is 2. The molecule has 0 bridgehead atoms. The first-order valence-electron chi connectivity index (χ1n) is 7.97. The number of imide groups is 1. The maximum absolute atomic E-state index is 12.7. The molecule has 0 unspecified atom stereocenters. The molecule has 0 fully saturated rings. The number of alkyl halides is 3. The van der Waals surface area contributed by atoms with Gasteiger partial charge in [0.05, 0.1) is 16.8 Å². The minimum atomic E-state index is -4.56. The molecular weight excluding hydrogens is 377 g/mol. The van der Waals surface area contributed by atoms with Gasteiger partial charge in [-0.3, -0.25) is 14.4 Å². The standard InChI is InChI=1S/C19H13F3N2O4/c1-10(25)23-13-6-2-11(3-7-13)15-16(26)18(28)24(17(15)27)14-8-4-12(5-9-14)19(20,21)22/h2-9,26H,1H3,(H,23,25). The molecule has 1 aliphatic heterocycles. The third kappa shape index (κ3) is 3.46. The van der Waals surface area contributed by atoms with Gasteiger partial charge in [-0.15, -0.1) is 0 Å². The van der Waals surface area contributed by atoms with Gasteiger partial charge in [0.2, 0.25) is 5.91 Å². The Balaban J connectivity index is 1.91. The van der Waals surface area contributed by atoms with Crippen molar-refractivity contribution in [1.82, 2.24) is 0 Å². The molecular formula is C19H13F3N2O4. The van der Waals surface area contributed by atoms with Crippen LogP contribution in [0.15, 0.2) is 54.3 Å². The lowest BCUT2D eigenvalue weighted by Gasteiger charge is -2.15. The number of hydrogen-bond acceptors (Lipinski definition) is 4. The summed E-state index contributed by atoms with van der Waals surface area (Å²) in [7, 11) is 0. The Morgan fingerprint density at radius 2 is 1.54 bits per heavy atom. The van der Waals surface area contributed by atoms with E-state index >= 15 is 0 Å². The quantitative estimate of drug-likeness (QED) is 0.786. The third-order valence-electron chi connectivity index (χ3n) is 4.01. The van der Waals surface area contributed by atoms with Crippen LogP contribution in [0.2, 0.25) is 0 Å². The maximum atomic E-state index is 12.7. The van der Waals surface area contributed by atoms with Crippen LogP contribution in [0.4, 0.5) is 24.5 Å². The summed E-state index contributed by atoms with van der Waals surface area (Å²) >= 11 is 0. The number of benzene rings is 2. The lowest BCUT2D eigenvalue weighted by atomic mass is 10.0. The van der Waals surface area contributed by atoms with Crippen LogP contribution < -0.4 is 10.2 Å². The first-order chi connectivity index (χ1) is 13.1. The van der Waals surface area contributed by atoms with E-state index in [1.165, 1.54) is 31.2 Å². The second-order valence-corrected chi connectivity index (χ2v) is 5.97. The second-order valence-electron chi connectivity index (χ2n) is 5.97. The highest BCUT2D eigenvalue weighted by Gasteiger charge is 2.40. The fourth-order valence-corrected chi connectivity index (χ4v) is 2.74. The summed E-state index contributed by atoms with van der Waals surface area (Å²) in [4.78, 5) is 36.6. The number of anilines is 2. The lowest BCUT2D eigenvalue weighted by molar-refractivity contribution is -0.137. The van der Waals surface area contributed by atoms with Crippen LogP contribution in [-0.2, 0) is 20.6 Å². The van der Waals surface area contributed by atoms with Crippen molar-refractivity contribution in [3.63, 3.8) is 0 Å². The van der Waals surface area contributed by atoms with Crippen LogP contribution in [0.1, 0.15) is 18.1 Å². The zero-order valence-electron chi connectivity index (χ0n) is 14.4. The molecule has 28 heavy (non-hydrogen) atoms. The number of nitrogens with one attached hydrogen (secondary N) is 1. The Labute approximate surface area is 156 Å². The number of aliphatic hydroxyl groups is 1. The van der Waals surface area contributed by atoms with Crippen molar-refractivity contribution in [2.24, 2.45) is 0 Å². The number of halogens is 3. The summed E-state index contributed by atoms with van der Waals surface area (Å²) in [6.45, 7) is 1.32. The molecule has 2 aromatic rings. The molecule has 9 heteroatoms. The average Bonchev–Trinajstić information content (AvgIpc) is 2.84. The van der Waals surface area contributed by atoms with Gasteiger partial charge in [0.15, 0.2) is 5.76 Å². The van der Waals surface area contributed by atoms with Crippen LogP contribution in [0, 0.1) is 0 Å². The molecule has 0 aromatic heterocycles. The molecule has 2 N–H and O–H groups in total. The Bertz CT molecular complexity index is 993. The number of carbonyl (C=O) groups excluding carboxylic acids is 3. The third-order valence-corrected chi connectivity index (χ3v) is 4.01. The van der Waals surface area contributed by atoms with Gasteiger partial charge in [0, 0.05) is 12.6 Å². The molecule has 144 valence electrons. The smallest absolute Gasteiger partial charge is 0.416 e. The van der Waals surface area contributed by atoms with Gasteiger partial charge in [-0.1, -0.05) is 12.1 Å². The Morgan fingerprint density at radius 3 is 2.04 bits per heavy atom. The predicted molar refractivity (Wildman–Crippen MR) is 94.2 cm³/mol. The first-order valence-corrected chi connectivity index (χ1v) is 7.97. The summed E-state index contributed by atoms with van der Waals surface area (Å²) < 4.78 is 38.1. The van der Waals surface area contributed by atoms with Crippen molar-refractivity contribution in [2.75, 3.05) is 10.2 Å². The van der Waals surface area contributed by atoms with Crippen molar-refractivity contribution in [3.05, 3.63) is 65.4 Å². The topological polar surface area (TPSA) is 86.7 Å². The molecule has 3 rings (SSSR count). The molecule has 0 saturated carbocycles. The molecule has 3 amide bonds. The van der Waals surface area contributed by atoms with Crippen LogP contribution >= 0.6 is 0 Å². The minimum Gasteiger partial charge on any atom is -0.502 e. The van der Waals surface area contributed by atoms with Crippen molar-refractivity contribution in [1.29, 1.82) is 0 Å². The predicted octanol–water partition coefficient (Wildman–Crippen LogP) is 3.51. The molecule has 0 radical (unpaired) electrons. The highest BCUT2D eigenvalue weighted by molar-refractivity contribution is 6.44. The van der Waals surface area contributed by atoms with Crippen molar-refractivity contribution in [3.8, 4) is 0 Å². The monoisotopic (exact) mass is 390 g/mol. The van der Waals surface area contributed by atoms with Gasteiger partial charge >= 0.3 is 12.1 Å². The van der Waals surface area contributed by atoms with Crippen molar-refractivity contribution < 1.29 is 32.7 Å². The van der Waals surface area contributed by atoms with E-state index in [0.717, 1.165) is 24.3 Å². The molecule has 1 heterocycles. The van der Waals surface area contributed by atoms with E-state index in [9.17, 15) is 32.7 Å². The normalized spacial score (nSPS) is 14.6. The minimum absolute atomic E-state index is 0.0978. The fraction of sp³-hybridized carbons (Fsp3) is 0.105. The highest BCUT2D eigenvalue weighted by Crippen LogP contribution is 2.34. The van der Waals surface area contributed by atoms with Crippen LogP contribution in [0.3, 0.4) is 0 Å². The van der Waals surface area contributed by atoms with Gasteiger partial charge in [-0.05, 0) is 42.0 Å². The molecule has 2 aromatic carbocycles. The zero-order valence-corrected chi connectivity index (χ0v) is 14.4. The molecule has 0 aliphatic carbocycles. The summed E-state index contributed by atoms with van der Waals surface area (Å²) in [6, 6.07) is 9.27. The highest BCUT2D eigenvalue weighted by atomic mass is 19.4. The SMILES string of the molecule is CC(=O)Nc1ccc(C2=C(O)C(=O)N(c3ccc(C(F)(F)F)cc3)C2=O)cc1. The zero-order chi connectivity index (χ0) is 20.6. The maximum Gasteiger partial charge on any atom is 0.416 e. The van der Waals surface area contributed by atoms with Crippen LogP contribution in [0.25, 0.3) is 5.57 Å². The molecule has 0 spiro atoms. The molecule has 1 aliphatic rings. The number of nitrogens with zero attached hydrogens (tertiary/aromatic N) is 1. The van der Waals surface area contributed by atoms with Gasteiger partial charge < -0.3 is 10.4 Å². The van der Waals surface area contributed by atoms with E-state index in [1.807, 2.05) is 0 Å². The van der Waals surface area contributed by atoms with Crippen LogP contribution in [0.5, 0.6) is 0 Å². The fourth-order valence-electron chi connectivity index (χ4n) is 2.74. The largest absolute Gasteiger partial charge is 0.502 e. The second kappa shape index (κ2) is 6.84. The number of rotatable bonds is 3. The number of amides is 3. The summed E-state index contributed by atoms with van der Waals surface area (Å²) in [5.74, 6) is -3.01. The number of aliphatic hydroxyl groups excluding tert-OH is 1. The summed E-state index contributed by atoms with van der Waals surface area (Å²) in [6.07, 6.45) is -4.56. The lowest BCUT2D eigenvalue weighted by Crippen LogP contribution is -2.31. The van der Waals surface area contributed by atoms with E-state index in [-0.39, 0.29) is 22.7 Å². The van der Waals surface area contributed by atoms with E-state index in [0.29, 0.717) is 10.6 Å². The van der Waals surface area contributed by atoms with Gasteiger partial charge in [0.25, 0.3) is 5.91 Å². The first kappa shape index (κ1) is 19.2. The average molecular weight is 390 g/mol. The molecule has 6 nitrogen and oxygen atoms in total. The van der Waals surface area contributed by atoms with Gasteiger partial charge in [-0.2, -0.15) is 13.2 Å². The Kier molecular flexibility index (Phi) is 4.68. The Hall–Kier alpha value is -3.62. The summed E-state index contributed by atoms with van der Waals surface area (Å²) in [5, 5.41) is 12.7. The Morgan fingerprint density at radius 1 is 0.964 bits per heavy atom. The summed E-state index contributed by atoms with van der Waals surface area (Å²) in [5.41, 5.74) is -0.632. The number of carbonyl (C=O) groups is 3. The van der Waals surface area contributed by atoms with E-state index in [1.54, 1.807) is 0 Å². The van der Waals surface area contributed by atoms with Crippen LogP contribution in [-0.4, -0.2) is 22.8 Å². The van der Waals surface area contributed by atoms with Gasteiger partial charge in [-0.25, -0.2) is 4.90 Å². The molecule has 0 saturated heterocycles. The van der Waals surface area contributed by atoms with E-state index in [4.69, 9.17) is 0 Å². The van der Waals surface area contributed by atoms with E-state index in [2.05, 4.69) is 5.32 Å². The van der Waals surface area contributed by atoms with Crippen molar-refractivity contribution in [2.45, 2.75) is 13.1 Å².